The van der Waals surface area contributed by atoms with Crippen LogP contribution in [0.2, 0.25) is 0 Å². The number of Topliss-reactive ketones (excluding diaryl/α,β-unsaturated/α-hetero) is 1. The van der Waals surface area contributed by atoms with Gasteiger partial charge in [-0.25, -0.2) is 0 Å². The Morgan fingerprint density at radius 1 is 0.976 bits per heavy atom. The number of fused-ring (bicyclic) bond motifs is 1. The minimum absolute atomic E-state index is 0.0301. The quantitative estimate of drug-likeness (QED) is 0.323. The van der Waals surface area contributed by atoms with Crippen molar-refractivity contribution in [2.24, 2.45) is 5.41 Å². The summed E-state index contributed by atoms with van der Waals surface area (Å²) in [5.41, 5.74) is 4.10. The van der Waals surface area contributed by atoms with Gasteiger partial charge < -0.3 is 24.1 Å². The van der Waals surface area contributed by atoms with Crippen molar-refractivity contribution >= 4 is 23.1 Å². The molecule has 1 atom stereocenters. The third-order valence-electron chi connectivity index (χ3n) is 8.16. The van der Waals surface area contributed by atoms with Gasteiger partial charge >= 0.3 is 0 Å². The van der Waals surface area contributed by atoms with Crippen molar-refractivity contribution in [3.05, 3.63) is 94.2 Å². The number of anilines is 1. The van der Waals surface area contributed by atoms with E-state index in [0.29, 0.717) is 63.9 Å². The molecule has 2 aliphatic heterocycles. The van der Waals surface area contributed by atoms with Crippen LogP contribution in [-0.4, -0.2) is 37.7 Å². The van der Waals surface area contributed by atoms with Gasteiger partial charge in [0, 0.05) is 40.8 Å². The van der Waals surface area contributed by atoms with E-state index in [9.17, 15) is 15.3 Å². The number of amidine groups is 1. The number of benzene rings is 3. The fraction of sp³-hybridized carbons (Fsp3) is 0.294. The number of nitrogens with one attached hydrogen (secondary N) is 1. The van der Waals surface area contributed by atoms with Crippen LogP contribution in [-0.2, 0) is 4.79 Å². The van der Waals surface area contributed by atoms with Crippen molar-refractivity contribution in [2.45, 2.75) is 39.5 Å². The van der Waals surface area contributed by atoms with Crippen LogP contribution in [0.25, 0.3) is 5.76 Å². The SMILES string of the molecule is COc1ccc(OC)c(N2C(=N)C(=C(O)c3ccc(C)cc3)[C@@H](c3ccc4c(c3)OCO4)C3=C2CC(C)(C)CC3=O)c1. The summed E-state index contributed by atoms with van der Waals surface area (Å²) in [6.07, 6.45) is 0.873. The fourth-order valence-corrected chi connectivity index (χ4v) is 6.14. The highest BCUT2D eigenvalue weighted by molar-refractivity contribution is 6.20. The number of aryl methyl sites for hydroxylation is 1. The Balaban J connectivity index is 1.69. The minimum Gasteiger partial charge on any atom is -0.507 e. The monoisotopic (exact) mass is 566 g/mol. The third-order valence-corrected chi connectivity index (χ3v) is 8.16. The van der Waals surface area contributed by atoms with Crippen LogP contribution in [0.5, 0.6) is 23.0 Å². The van der Waals surface area contributed by atoms with Crippen LogP contribution >= 0.6 is 0 Å². The molecule has 0 spiro atoms. The van der Waals surface area contributed by atoms with Gasteiger partial charge in [0.15, 0.2) is 17.3 Å². The highest BCUT2D eigenvalue weighted by Gasteiger charge is 2.47. The van der Waals surface area contributed by atoms with Crippen molar-refractivity contribution < 1.29 is 28.8 Å². The summed E-state index contributed by atoms with van der Waals surface area (Å²) in [5, 5.41) is 21.7. The molecule has 1 aliphatic carbocycles. The summed E-state index contributed by atoms with van der Waals surface area (Å²) in [5.74, 6) is 1.51. The Morgan fingerprint density at radius 3 is 2.43 bits per heavy atom. The lowest BCUT2D eigenvalue weighted by atomic mass is 9.67. The first kappa shape index (κ1) is 27.4. The maximum absolute atomic E-state index is 14.2. The van der Waals surface area contributed by atoms with E-state index in [1.807, 2.05) is 49.4 Å². The zero-order chi connectivity index (χ0) is 29.8. The van der Waals surface area contributed by atoms with E-state index in [1.54, 1.807) is 37.3 Å². The first-order chi connectivity index (χ1) is 20.1. The van der Waals surface area contributed by atoms with Gasteiger partial charge in [-0.1, -0.05) is 49.7 Å². The topological polar surface area (TPSA) is 101 Å². The maximum Gasteiger partial charge on any atom is 0.231 e. The van der Waals surface area contributed by atoms with E-state index in [1.165, 1.54) is 0 Å². The lowest BCUT2D eigenvalue weighted by molar-refractivity contribution is -0.118. The molecule has 0 fully saturated rings. The van der Waals surface area contributed by atoms with Gasteiger partial charge in [0.05, 0.1) is 19.9 Å². The van der Waals surface area contributed by atoms with Gasteiger partial charge in [-0.2, -0.15) is 0 Å². The first-order valence-electron chi connectivity index (χ1n) is 13.9. The molecule has 3 aliphatic rings. The largest absolute Gasteiger partial charge is 0.507 e. The molecule has 0 aromatic heterocycles. The maximum atomic E-state index is 14.2. The molecule has 42 heavy (non-hydrogen) atoms. The highest BCUT2D eigenvalue weighted by Crippen LogP contribution is 2.53. The number of ether oxygens (including phenoxy) is 4. The minimum atomic E-state index is -0.709. The lowest BCUT2D eigenvalue weighted by Crippen LogP contribution is -2.45. The highest BCUT2D eigenvalue weighted by atomic mass is 16.7. The average Bonchev–Trinajstić information content (AvgIpc) is 3.44. The number of hydrogen-bond acceptors (Lipinski definition) is 7. The summed E-state index contributed by atoms with van der Waals surface area (Å²) in [6.45, 7) is 6.21. The second kappa shape index (κ2) is 10.3. The number of hydrogen-bond donors (Lipinski definition) is 2. The normalized spacial score (nSPS) is 20.4. The average molecular weight is 567 g/mol. The predicted molar refractivity (Wildman–Crippen MR) is 161 cm³/mol. The van der Waals surface area contributed by atoms with E-state index in [2.05, 4.69) is 13.8 Å². The number of aliphatic hydroxyl groups is 1. The van der Waals surface area contributed by atoms with E-state index in [0.717, 1.165) is 11.1 Å². The van der Waals surface area contributed by atoms with Crippen molar-refractivity contribution in [1.29, 1.82) is 5.41 Å². The van der Waals surface area contributed by atoms with Gasteiger partial charge in [-0.3, -0.25) is 15.1 Å². The zero-order valence-corrected chi connectivity index (χ0v) is 24.4. The number of aliphatic hydroxyl groups excluding tert-OH is 1. The van der Waals surface area contributed by atoms with Crippen molar-refractivity contribution in [3.63, 3.8) is 0 Å². The molecule has 0 bridgehead atoms. The van der Waals surface area contributed by atoms with Crippen LogP contribution in [0, 0.1) is 17.7 Å². The standard InChI is InChI=1S/C34H34N2O6/c1-19-6-8-20(9-7-19)32(38)31-29(21-10-12-27-28(14-21)42-18-41-27)30-24(16-34(2,3)17-25(30)37)36(33(31)35)23-15-22(39-4)11-13-26(23)40-5/h6-15,29,35,38H,16-18H2,1-5H3/t29-/m0/s1. The Morgan fingerprint density at radius 2 is 1.71 bits per heavy atom. The van der Waals surface area contributed by atoms with E-state index in [-0.39, 0.29) is 29.6 Å². The van der Waals surface area contributed by atoms with Crippen molar-refractivity contribution in [3.8, 4) is 23.0 Å². The number of methoxy groups -OCH3 is 2. The summed E-state index contributed by atoms with van der Waals surface area (Å²) in [6, 6.07) is 18.4. The molecule has 2 N–H and O–H groups in total. The van der Waals surface area contributed by atoms with Crippen LogP contribution in [0.3, 0.4) is 0 Å². The number of carbonyl (C=O) groups excluding carboxylic acids is 1. The van der Waals surface area contributed by atoms with E-state index < -0.39 is 5.92 Å². The molecule has 8 heteroatoms. The van der Waals surface area contributed by atoms with Gasteiger partial charge in [-0.15, -0.1) is 0 Å². The van der Waals surface area contributed by atoms with Crippen molar-refractivity contribution in [1.82, 2.24) is 0 Å². The summed E-state index contributed by atoms with van der Waals surface area (Å²) in [4.78, 5) is 15.9. The summed E-state index contributed by atoms with van der Waals surface area (Å²) in [7, 11) is 3.15. The molecule has 2 heterocycles. The predicted octanol–water partition coefficient (Wildman–Crippen LogP) is 6.93. The molecule has 0 saturated carbocycles. The number of ketones is 1. The molecule has 3 aromatic carbocycles. The van der Waals surface area contributed by atoms with Crippen molar-refractivity contribution in [2.75, 3.05) is 25.9 Å². The van der Waals surface area contributed by atoms with Gasteiger partial charge in [0.2, 0.25) is 6.79 Å². The third kappa shape index (κ3) is 4.57. The second-order valence-corrected chi connectivity index (χ2v) is 11.7. The molecule has 0 unspecified atom stereocenters. The second-order valence-electron chi connectivity index (χ2n) is 11.7. The molecule has 3 aromatic rings. The number of rotatable bonds is 5. The van der Waals surface area contributed by atoms with Gasteiger partial charge in [-0.05, 0) is 48.6 Å². The molecule has 0 radical (unpaired) electrons. The van der Waals surface area contributed by atoms with Crippen LogP contribution in [0.4, 0.5) is 5.69 Å². The number of allylic oxidation sites excluding steroid dienone is 2. The fourth-order valence-electron chi connectivity index (χ4n) is 6.14. The van der Waals surface area contributed by atoms with Gasteiger partial charge in [0.25, 0.3) is 0 Å². The number of carbonyl (C=O) groups is 1. The molecule has 6 rings (SSSR count). The molecular weight excluding hydrogens is 532 g/mol. The van der Waals surface area contributed by atoms with Crippen LogP contribution < -0.4 is 23.8 Å². The Labute approximate surface area is 245 Å². The molecule has 0 amide bonds. The first-order valence-corrected chi connectivity index (χ1v) is 13.9. The van der Waals surface area contributed by atoms with E-state index in [4.69, 9.17) is 18.9 Å². The molecule has 216 valence electrons. The molecule has 0 saturated heterocycles. The smallest absolute Gasteiger partial charge is 0.231 e. The summed E-state index contributed by atoms with van der Waals surface area (Å²) < 4.78 is 22.5. The summed E-state index contributed by atoms with van der Waals surface area (Å²) >= 11 is 0. The van der Waals surface area contributed by atoms with Crippen LogP contribution in [0.1, 0.15) is 49.3 Å². The van der Waals surface area contributed by atoms with Gasteiger partial charge in [0.1, 0.15) is 23.1 Å². The Kier molecular flexibility index (Phi) is 6.72. The Bertz CT molecular complexity index is 1670. The van der Waals surface area contributed by atoms with Crippen LogP contribution in [0.15, 0.2) is 77.5 Å². The zero-order valence-electron chi connectivity index (χ0n) is 24.4. The number of nitrogens with zero attached hydrogens (tertiary/aromatic N) is 1. The Hall–Kier alpha value is -4.72. The lowest BCUT2D eigenvalue weighted by Gasteiger charge is -2.45. The molecular formula is C34H34N2O6. The van der Waals surface area contributed by atoms with E-state index >= 15 is 0 Å². The molecule has 8 nitrogen and oxygen atoms in total.